The summed E-state index contributed by atoms with van der Waals surface area (Å²) in [7, 11) is 1.90. The van der Waals surface area contributed by atoms with Crippen LogP contribution in [0.2, 0.25) is 0 Å². The fourth-order valence-corrected chi connectivity index (χ4v) is 4.64. The number of likely N-dealkylation sites (tertiary alicyclic amines) is 2. The third kappa shape index (κ3) is 5.42. The molecule has 2 aliphatic rings. The molecule has 7 nitrogen and oxygen atoms in total. The summed E-state index contributed by atoms with van der Waals surface area (Å²) in [6.45, 7) is 5.85. The number of carbonyl (C=O) groups is 1. The molecule has 0 saturated carbocycles. The Morgan fingerprint density at radius 3 is 2.66 bits per heavy atom. The van der Waals surface area contributed by atoms with Crippen molar-refractivity contribution in [2.24, 2.45) is 13.0 Å². The number of carbonyl (C=O) groups excluding carboxylic acids is 1. The number of hydrogen-bond acceptors (Lipinski definition) is 5. The Labute approximate surface area is 173 Å². The predicted octanol–water partition coefficient (Wildman–Crippen LogP) is 1.81. The van der Waals surface area contributed by atoms with Crippen LogP contribution >= 0.6 is 0 Å². The second kappa shape index (κ2) is 9.50. The molecule has 0 bridgehead atoms. The minimum Gasteiger partial charge on any atom is -0.352 e. The van der Waals surface area contributed by atoms with Gasteiger partial charge in [-0.2, -0.15) is 5.10 Å². The van der Waals surface area contributed by atoms with Crippen LogP contribution in [0.5, 0.6) is 0 Å². The molecule has 2 aliphatic heterocycles. The van der Waals surface area contributed by atoms with Gasteiger partial charge in [-0.15, -0.1) is 0 Å². The molecule has 0 spiro atoms. The maximum Gasteiger partial charge on any atom is 0.224 e. The average Bonchev–Trinajstić information content (AvgIpc) is 3.18. The van der Waals surface area contributed by atoms with E-state index >= 15 is 0 Å². The van der Waals surface area contributed by atoms with Gasteiger partial charge in [0.2, 0.25) is 5.91 Å². The fourth-order valence-electron chi connectivity index (χ4n) is 4.64. The number of piperidine rings is 2. The lowest BCUT2D eigenvalue weighted by Gasteiger charge is -2.42. The Bertz CT molecular complexity index is 784. The van der Waals surface area contributed by atoms with Gasteiger partial charge in [-0.3, -0.25) is 24.3 Å². The summed E-state index contributed by atoms with van der Waals surface area (Å²) >= 11 is 0. The number of aryl methyl sites for hydroxylation is 1. The molecule has 156 valence electrons. The van der Waals surface area contributed by atoms with E-state index in [-0.39, 0.29) is 11.8 Å². The van der Waals surface area contributed by atoms with Gasteiger partial charge in [0.05, 0.1) is 12.1 Å². The number of nitrogens with zero attached hydrogens (tertiary/aromatic N) is 5. The number of aromatic nitrogens is 3. The van der Waals surface area contributed by atoms with Crippen molar-refractivity contribution in [3.63, 3.8) is 0 Å². The van der Waals surface area contributed by atoms with E-state index in [9.17, 15) is 4.79 Å². The second-order valence-corrected chi connectivity index (χ2v) is 8.44. The molecule has 1 N–H and O–H groups in total. The summed E-state index contributed by atoms with van der Waals surface area (Å²) in [4.78, 5) is 21.9. The zero-order valence-electron chi connectivity index (χ0n) is 17.3. The maximum atomic E-state index is 12.7. The third-order valence-corrected chi connectivity index (χ3v) is 6.28. The number of amides is 1. The van der Waals surface area contributed by atoms with Crippen LogP contribution in [0, 0.1) is 5.92 Å². The van der Waals surface area contributed by atoms with E-state index in [0.717, 1.165) is 51.1 Å². The first kappa shape index (κ1) is 20.0. The fraction of sp³-hybridized carbons (Fsp3) is 0.591. The van der Waals surface area contributed by atoms with Crippen LogP contribution in [0.3, 0.4) is 0 Å². The predicted molar refractivity (Wildman–Crippen MR) is 112 cm³/mol. The molecule has 1 amide bonds. The molecule has 2 aromatic heterocycles. The zero-order valence-corrected chi connectivity index (χ0v) is 17.3. The minimum atomic E-state index is 0.107. The number of nitrogens with one attached hydrogen (secondary N) is 1. The Kier molecular flexibility index (Phi) is 6.56. The van der Waals surface area contributed by atoms with Crippen molar-refractivity contribution in [1.82, 2.24) is 29.9 Å². The Morgan fingerprint density at radius 1 is 1.14 bits per heavy atom. The van der Waals surface area contributed by atoms with E-state index in [4.69, 9.17) is 0 Å². The van der Waals surface area contributed by atoms with Gasteiger partial charge >= 0.3 is 0 Å². The summed E-state index contributed by atoms with van der Waals surface area (Å²) in [5.74, 6) is 0.295. The molecular weight excluding hydrogens is 364 g/mol. The van der Waals surface area contributed by atoms with E-state index in [1.54, 1.807) is 4.68 Å². The lowest BCUT2D eigenvalue weighted by Crippen LogP contribution is -2.50. The number of hydrogen-bond donors (Lipinski definition) is 1. The van der Waals surface area contributed by atoms with Gasteiger partial charge < -0.3 is 5.32 Å². The molecule has 2 saturated heterocycles. The first-order valence-electron chi connectivity index (χ1n) is 10.8. The van der Waals surface area contributed by atoms with Gasteiger partial charge in [0.25, 0.3) is 0 Å². The lowest BCUT2D eigenvalue weighted by atomic mass is 9.93. The van der Waals surface area contributed by atoms with Gasteiger partial charge in [0, 0.05) is 56.9 Å². The van der Waals surface area contributed by atoms with Crippen LogP contribution in [0.15, 0.2) is 36.9 Å². The summed E-state index contributed by atoms with van der Waals surface area (Å²) in [6, 6.07) is 4.81. The van der Waals surface area contributed by atoms with Crippen LogP contribution in [0.1, 0.15) is 36.8 Å². The maximum absolute atomic E-state index is 12.7. The molecule has 29 heavy (non-hydrogen) atoms. The van der Waals surface area contributed by atoms with Gasteiger partial charge in [-0.05, 0) is 63.0 Å². The van der Waals surface area contributed by atoms with E-state index < -0.39 is 0 Å². The normalized spacial score (nSPS) is 21.9. The number of rotatable bonds is 6. The van der Waals surface area contributed by atoms with Crippen molar-refractivity contribution >= 4 is 5.91 Å². The van der Waals surface area contributed by atoms with Crippen LogP contribution in [-0.4, -0.2) is 62.7 Å². The quantitative estimate of drug-likeness (QED) is 0.807. The van der Waals surface area contributed by atoms with Crippen LogP contribution in [0.4, 0.5) is 0 Å². The van der Waals surface area contributed by atoms with Gasteiger partial charge in [-0.1, -0.05) is 0 Å². The van der Waals surface area contributed by atoms with Crippen molar-refractivity contribution in [2.75, 3.05) is 26.2 Å². The van der Waals surface area contributed by atoms with Crippen LogP contribution in [0.25, 0.3) is 0 Å². The molecule has 0 radical (unpaired) electrons. The molecule has 2 fully saturated rings. The first-order chi connectivity index (χ1) is 14.2. The number of pyridine rings is 1. The SMILES string of the molecule is Cn1cc(CNC(=O)C2CCCN(C3CCN(Cc4ccncc4)CC3)C2)cn1. The summed E-state index contributed by atoms with van der Waals surface area (Å²) in [6.07, 6.45) is 12.0. The van der Waals surface area contributed by atoms with E-state index in [1.165, 1.54) is 18.4 Å². The lowest BCUT2D eigenvalue weighted by molar-refractivity contribution is -0.127. The van der Waals surface area contributed by atoms with Crippen molar-refractivity contribution in [2.45, 2.75) is 44.8 Å². The minimum absolute atomic E-state index is 0.107. The van der Waals surface area contributed by atoms with Crippen molar-refractivity contribution < 1.29 is 4.79 Å². The molecule has 4 heterocycles. The average molecular weight is 397 g/mol. The summed E-state index contributed by atoms with van der Waals surface area (Å²) in [5, 5.41) is 7.27. The monoisotopic (exact) mass is 396 g/mol. The smallest absolute Gasteiger partial charge is 0.224 e. The molecule has 7 heteroatoms. The third-order valence-electron chi connectivity index (χ3n) is 6.28. The molecule has 1 atom stereocenters. The molecule has 0 aromatic carbocycles. The first-order valence-corrected chi connectivity index (χ1v) is 10.8. The Hall–Kier alpha value is -2.25. The van der Waals surface area contributed by atoms with Gasteiger partial charge in [-0.25, -0.2) is 0 Å². The van der Waals surface area contributed by atoms with Gasteiger partial charge in [0.1, 0.15) is 0 Å². The zero-order chi connectivity index (χ0) is 20.1. The van der Waals surface area contributed by atoms with Gasteiger partial charge in [0.15, 0.2) is 0 Å². The standard InChI is InChI=1S/C22H32N6O/c1-26-15-19(14-25-26)13-24-22(29)20-3-2-10-28(17-20)21-6-11-27(12-7-21)16-18-4-8-23-9-5-18/h4-5,8-9,14-15,20-21H,2-3,6-7,10-13,16-17H2,1H3,(H,24,29). The highest BCUT2D eigenvalue weighted by molar-refractivity contribution is 5.78. The second-order valence-electron chi connectivity index (χ2n) is 8.44. The van der Waals surface area contributed by atoms with E-state index in [0.29, 0.717) is 12.6 Å². The topological polar surface area (TPSA) is 66.3 Å². The highest BCUT2D eigenvalue weighted by Crippen LogP contribution is 2.24. The summed E-state index contributed by atoms with van der Waals surface area (Å²) in [5.41, 5.74) is 2.39. The summed E-state index contributed by atoms with van der Waals surface area (Å²) < 4.78 is 1.77. The largest absolute Gasteiger partial charge is 0.352 e. The van der Waals surface area contributed by atoms with Crippen LogP contribution in [-0.2, 0) is 24.9 Å². The highest BCUT2D eigenvalue weighted by atomic mass is 16.1. The molecule has 2 aromatic rings. The van der Waals surface area contributed by atoms with E-state index in [2.05, 4.69) is 37.3 Å². The Balaban J connectivity index is 1.23. The highest BCUT2D eigenvalue weighted by Gasteiger charge is 2.31. The van der Waals surface area contributed by atoms with Crippen molar-refractivity contribution in [3.05, 3.63) is 48.0 Å². The molecule has 1 unspecified atom stereocenters. The van der Waals surface area contributed by atoms with E-state index in [1.807, 2.05) is 31.8 Å². The molecule has 0 aliphatic carbocycles. The Morgan fingerprint density at radius 2 is 1.93 bits per heavy atom. The molecule has 4 rings (SSSR count). The molecular formula is C22H32N6O. The van der Waals surface area contributed by atoms with Crippen molar-refractivity contribution in [3.8, 4) is 0 Å². The van der Waals surface area contributed by atoms with Crippen LogP contribution < -0.4 is 5.32 Å². The van der Waals surface area contributed by atoms with Crippen molar-refractivity contribution in [1.29, 1.82) is 0 Å².